The number of ether oxygens (including phenoxy) is 3. The van der Waals surface area contributed by atoms with Crippen molar-refractivity contribution in [1.29, 1.82) is 5.26 Å². The quantitative estimate of drug-likeness (QED) is 0.173. The van der Waals surface area contributed by atoms with E-state index in [9.17, 15) is 10.1 Å². The number of carbonyl (C=O) groups excluding carboxylic acids is 1. The topological polar surface area (TPSA) is 109 Å². The summed E-state index contributed by atoms with van der Waals surface area (Å²) in [7, 11) is 0. The van der Waals surface area contributed by atoms with Gasteiger partial charge in [0.2, 0.25) is 0 Å². The third kappa shape index (κ3) is 7.21. The molecule has 2 amide bonds. The summed E-state index contributed by atoms with van der Waals surface area (Å²) >= 11 is 4.28. The summed E-state index contributed by atoms with van der Waals surface area (Å²) in [4.78, 5) is 19.9. The van der Waals surface area contributed by atoms with Crippen molar-refractivity contribution in [2.24, 2.45) is 0 Å². The number of fused-ring (bicyclic) bond motifs is 1. The van der Waals surface area contributed by atoms with Crippen LogP contribution in [0, 0.1) is 11.3 Å². The summed E-state index contributed by atoms with van der Waals surface area (Å²) in [5, 5.41) is 16.0. The maximum absolute atomic E-state index is 12.3. The predicted octanol–water partition coefficient (Wildman–Crippen LogP) is 5.93. The van der Waals surface area contributed by atoms with Crippen LogP contribution in [0.1, 0.15) is 12.0 Å². The first kappa shape index (κ1) is 27.3. The summed E-state index contributed by atoms with van der Waals surface area (Å²) in [6, 6.07) is 21.3. The molecule has 0 unspecified atom stereocenters. The maximum Gasteiger partial charge on any atom is 0.323 e. The number of anilines is 2. The number of rotatable bonds is 9. The van der Waals surface area contributed by atoms with E-state index >= 15 is 0 Å². The molecule has 0 saturated carbocycles. The Bertz CT molecular complexity index is 1520. The highest BCUT2D eigenvalue weighted by Gasteiger charge is 2.13. The predicted molar refractivity (Wildman–Crippen MR) is 157 cm³/mol. The summed E-state index contributed by atoms with van der Waals surface area (Å²) in [6.07, 6.45) is 2.51. The molecule has 2 N–H and O–H groups in total. The first-order valence-corrected chi connectivity index (χ1v) is 13.4. The third-order valence-electron chi connectivity index (χ3n) is 6.35. The Morgan fingerprint density at radius 1 is 1.02 bits per heavy atom. The number of carbonyl (C=O) groups is 1. The average molecular weight is 556 g/mol. The molecule has 0 radical (unpaired) electrons. The molecule has 1 aliphatic rings. The van der Waals surface area contributed by atoms with E-state index in [0.29, 0.717) is 51.7 Å². The number of urea groups is 1. The van der Waals surface area contributed by atoms with Crippen LogP contribution in [0.3, 0.4) is 0 Å². The fourth-order valence-corrected chi connectivity index (χ4v) is 4.57. The Hall–Kier alpha value is -4.30. The minimum atomic E-state index is -0.365. The van der Waals surface area contributed by atoms with Crippen molar-refractivity contribution >= 4 is 40.9 Å². The molecule has 0 aliphatic carbocycles. The SMILES string of the molecule is N#Cc1cc2c(Oc3ccc(NC(=O)Nc4cccc(S)c4)cc3)ccnc2cc1OCCCN1CCOCC1. The van der Waals surface area contributed by atoms with Gasteiger partial charge in [-0.2, -0.15) is 5.26 Å². The highest BCUT2D eigenvalue weighted by atomic mass is 32.1. The summed E-state index contributed by atoms with van der Waals surface area (Å²) < 4.78 is 17.5. The number of nitrogens with zero attached hydrogens (tertiary/aromatic N) is 3. The summed E-state index contributed by atoms with van der Waals surface area (Å²) in [6.45, 7) is 4.85. The Morgan fingerprint density at radius 3 is 2.60 bits per heavy atom. The van der Waals surface area contributed by atoms with Crippen molar-refractivity contribution in [3.63, 3.8) is 0 Å². The van der Waals surface area contributed by atoms with E-state index in [1.807, 2.05) is 12.1 Å². The van der Waals surface area contributed by atoms with E-state index in [4.69, 9.17) is 14.2 Å². The van der Waals surface area contributed by atoms with E-state index in [2.05, 4.69) is 39.2 Å². The van der Waals surface area contributed by atoms with Crippen molar-refractivity contribution in [2.45, 2.75) is 11.3 Å². The van der Waals surface area contributed by atoms with E-state index in [-0.39, 0.29) is 6.03 Å². The molecule has 2 heterocycles. The molecule has 204 valence electrons. The van der Waals surface area contributed by atoms with Crippen LogP contribution in [0.15, 0.2) is 77.8 Å². The van der Waals surface area contributed by atoms with Crippen molar-refractivity contribution in [2.75, 3.05) is 50.1 Å². The number of morpholine rings is 1. The minimum absolute atomic E-state index is 0.365. The first-order chi connectivity index (χ1) is 19.6. The monoisotopic (exact) mass is 555 g/mol. The molecule has 1 saturated heterocycles. The van der Waals surface area contributed by atoms with Gasteiger partial charge in [0.05, 0.1) is 30.9 Å². The second kappa shape index (κ2) is 13.2. The molecule has 0 atom stereocenters. The molecule has 5 rings (SSSR count). The third-order valence-corrected chi connectivity index (χ3v) is 6.63. The van der Waals surface area contributed by atoms with E-state index in [1.54, 1.807) is 60.8 Å². The average Bonchev–Trinajstić information content (AvgIpc) is 2.96. The first-order valence-electron chi connectivity index (χ1n) is 13.0. The molecular weight excluding hydrogens is 526 g/mol. The Kier molecular flexibility index (Phi) is 8.98. The molecule has 9 nitrogen and oxygen atoms in total. The fraction of sp³-hybridized carbons (Fsp3) is 0.233. The lowest BCUT2D eigenvalue weighted by molar-refractivity contribution is 0.0358. The molecule has 0 bridgehead atoms. The number of aromatic nitrogens is 1. The van der Waals surface area contributed by atoms with E-state index < -0.39 is 0 Å². The summed E-state index contributed by atoms with van der Waals surface area (Å²) in [5.41, 5.74) is 2.34. The molecule has 1 aromatic heterocycles. The van der Waals surface area contributed by atoms with Gasteiger partial charge in [-0.15, -0.1) is 12.6 Å². The van der Waals surface area contributed by atoms with Crippen molar-refractivity contribution in [3.05, 3.63) is 78.5 Å². The normalized spacial score (nSPS) is 13.4. The lowest BCUT2D eigenvalue weighted by atomic mass is 10.1. The van der Waals surface area contributed by atoms with Crippen LogP contribution in [0.2, 0.25) is 0 Å². The lowest BCUT2D eigenvalue weighted by Gasteiger charge is -2.26. The highest BCUT2D eigenvalue weighted by molar-refractivity contribution is 7.80. The van der Waals surface area contributed by atoms with Crippen molar-refractivity contribution in [3.8, 4) is 23.3 Å². The zero-order chi connectivity index (χ0) is 27.7. The van der Waals surface area contributed by atoms with Gasteiger partial charge in [-0.25, -0.2) is 4.79 Å². The molecular formula is C30H29N5O4S. The second-order valence-electron chi connectivity index (χ2n) is 9.20. The molecule has 1 aliphatic heterocycles. The minimum Gasteiger partial charge on any atom is -0.492 e. The smallest absolute Gasteiger partial charge is 0.323 e. The number of hydrogen-bond acceptors (Lipinski definition) is 8. The summed E-state index contributed by atoms with van der Waals surface area (Å²) in [5.74, 6) is 1.64. The number of hydrogen-bond donors (Lipinski definition) is 3. The highest BCUT2D eigenvalue weighted by Crippen LogP contribution is 2.33. The molecule has 10 heteroatoms. The van der Waals surface area contributed by atoms with Gasteiger partial charge >= 0.3 is 6.03 Å². The van der Waals surface area contributed by atoms with Gasteiger partial charge in [0.15, 0.2) is 0 Å². The molecule has 3 aromatic carbocycles. The lowest BCUT2D eigenvalue weighted by Crippen LogP contribution is -2.37. The van der Waals surface area contributed by atoms with Crippen LogP contribution < -0.4 is 20.1 Å². The Labute approximate surface area is 238 Å². The zero-order valence-electron chi connectivity index (χ0n) is 21.8. The molecule has 40 heavy (non-hydrogen) atoms. The van der Waals surface area contributed by atoms with Crippen LogP contribution in [-0.4, -0.2) is 55.4 Å². The number of benzene rings is 3. The fourth-order valence-electron chi connectivity index (χ4n) is 4.35. The van der Waals surface area contributed by atoms with Gasteiger partial charge in [-0.3, -0.25) is 9.88 Å². The van der Waals surface area contributed by atoms with Crippen LogP contribution in [-0.2, 0) is 4.74 Å². The molecule has 1 fully saturated rings. The van der Waals surface area contributed by atoms with Crippen molar-refractivity contribution in [1.82, 2.24) is 9.88 Å². The number of amides is 2. The molecule has 0 spiro atoms. The van der Waals surface area contributed by atoms with Gasteiger partial charge < -0.3 is 24.8 Å². The Morgan fingerprint density at radius 2 is 1.82 bits per heavy atom. The zero-order valence-corrected chi connectivity index (χ0v) is 22.7. The van der Waals surface area contributed by atoms with Gasteiger partial charge in [-0.05, 0) is 61.0 Å². The van der Waals surface area contributed by atoms with Crippen LogP contribution in [0.4, 0.5) is 16.2 Å². The standard InChI is InChI=1S/C30H29N5O4S/c31-20-21-17-26-27(19-29(21)38-14-2-11-35-12-15-37-16-13-35)32-10-9-28(26)39-24-7-5-22(6-8-24)33-30(36)34-23-3-1-4-25(40)18-23/h1,3-10,17-19,40H,2,11-16H2,(H2,33,34,36). The van der Waals surface area contributed by atoms with E-state index in [1.165, 1.54) is 0 Å². The van der Waals surface area contributed by atoms with Crippen LogP contribution in [0.5, 0.6) is 17.2 Å². The second-order valence-corrected chi connectivity index (χ2v) is 9.71. The number of thiol groups is 1. The van der Waals surface area contributed by atoms with Gasteiger partial charge in [0, 0.05) is 53.6 Å². The van der Waals surface area contributed by atoms with Crippen molar-refractivity contribution < 1.29 is 19.0 Å². The number of nitrogens with one attached hydrogen (secondary N) is 2. The van der Waals surface area contributed by atoms with Crippen LogP contribution >= 0.6 is 12.6 Å². The van der Waals surface area contributed by atoms with E-state index in [0.717, 1.165) is 44.2 Å². The van der Waals surface area contributed by atoms with Gasteiger partial charge in [0.25, 0.3) is 0 Å². The maximum atomic E-state index is 12.3. The largest absolute Gasteiger partial charge is 0.492 e. The van der Waals surface area contributed by atoms with Gasteiger partial charge in [0.1, 0.15) is 23.3 Å². The number of nitriles is 1. The number of pyridine rings is 1. The Balaban J connectivity index is 1.21. The van der Waals surface area contributed by atoms with Gasteiger partial charge in [-0.1, -0.05) is 6.07 Å². The molecule has 4 aromatic rings. The van der Waals surface area contributed by atoms with Crippen LogP contribution in [0.25, 0.3) is 10.9 Å².